The van der Waals surface area contributed by atoms with Crippen LogP contribution in [0.5, 0.6) is 5.75 Å². The van der Waals surface area contributed by atoms with Gasteiger partial charge in [-0.3, -0.25) is 4.68 Å². The van der Waals surface area contributed by atoms with Gasteiger partial charge in [0.2, 0.25) is 0 Å². The number of halogens is 1. The molecule has 0 unspecified atom stereocenters. The molecule has 0 saturated carbocycles. The van der Waals surface area contributed by atoms with E-state index in [1.54, 1.807) is 4.68 Å². The van der Waals surface area contributed by atoms with Gasteiger partial charge in [0.15, 0.2) is 0 Å². The molecule has 0 saturated heterocycles. The molecule has 0 amide bonds. The summed E-state index contributed by atoms with van der Waals surface area (Å²) in [5.74, 6) is -0.926. The van der Waals surface area contributed by atoms with Gasteiger partial charge in [0.25, 0.3) is 0 Å². The molecule has 2 aromatic rings. The molecule has 20 heavy (non-hydrogen) atoms. The number of carboxylic acids is 1. The molecule has 0 aliphatic heterocycles. The third-order valence-corrected chi connectivity index (χ3v) is 2.81. The van der Waals surface area contributed by atoms with Crippen LogP contribution in [0.1, 0.15) is 35.9 Å². The van der Waals surface area contributed by atoms with Crippen molar-refractivity contribution in [1.82, 2.24) is 9.78 Å². The van der Waals surface area contributed by atoms with Crippen molar-refractivity contribution in [1.29, 1.82) is 0 Å². The highest BCUT2D eigenvalue weighted by molar-refractivity contribution is 5.88. The van der Waals surface area contributed by atoms with Gasteiger partial charge in [-0.25, -0.2) is 9.18 Å². The van der Waals surface area contributed by atoms with E-state index in [-0.39, 0.29) is 24.0 Å². The van der Waals surface area contributed by atoms with E-state index in [1.165, 1.54) is 30.5 Å². The summed E-state index contributed by atoms with van der Waals surface area (Å²) >= 11 is 0. The molecule has 1 aromatic heterocycles. The van der Waals surface area contributed by atoms with E-state index in [2.05, 4.69) is 5.10 Å². The van der Waals surface area contributed by atoms with Crippen molar-refractivity contribution in [2.45, 2.75) is 26.5 Å². The molecule has 106 valence electrons. The molecule has 6 heteroatoms. The van der Waals surface area contributed by atoms with Gasteiger partial charge < -0.3 is 9.84 Å². The molecule has 0 aliphatic rings. The quantitative estimate of drug-likeness (QED) is 0.913. The van der Waals surface area contributed by atoms with Gasteiger partial charge in [-0.15, -0.1) is 0 Å². The fourth-order valence-corrected chi connectivity index (χ4v) is 1.84. The molecular weight excluding hydrogens is 263 g/mol. The van der Waals surface area contributed by atoms with E-state index >= 15 is 0 Å². The van der Waals surface area contributed by atoms with Gasteiger partial charge in [0.1, 0.15) is 23.7 Å². The standard InChI is InChI=1S/C14H15FN2O3/c1-9(2)17-13(12(7-16-17)14(18)19)8-20-11-5-3-10(15)4-6-11/h3-7,9H,8H2,1-2H3,(H,18,19). The molecule has 0 radical (unpaired) electrons. The van der Waals surface area contributed by atoms with E-state index in [9.17, 15) is 9.18 Å². The Balaban J connectivity index is 2.21. The highest BCUT2D eigenvalue weighted by Gasteiger charge is 2.18. The van der Waals surface area contributed by atoms with Crippen LogP contribution in [-0.4, -0.2) is 20.9 Å². The second kappa shape index (κ2) is 5.73. The molecule has 0 atom stereocenters. The first-order valence-corrected chi connectivity index (χ1v) is 6.17. The Labute approximate surface area is 115 Å². The zero-order valence-electron chi connectivity index (χ0n) is 11.2. The average Bonchev–Trinajstić information content (AvgIpc) is 2.82. The lowest BCUT2D eigenvalue weighted by molar-refractivity contribution is 0.0693. The first-order chi connectivity index (χ1) is 9.49. The molecule has 1 aromatic carbocycles. The van der Waals surface area contributed by atoms with Crippen LogP contribution in [0, 0.1) is 5.82 Å². The fraction of sp³-hybridized carbons (Fsp3) is 0.286. The van der Waals surface area contributed by atoms with Crippen molar-refractivity contribution in [2.75, 3.05) is 0 Å². The van der Waals surface area contributed by atoms with Crippen molar-refractivity contribution in [2.24, 2.45) is 0 Å². The van der Waals surface area contributed by atoms with Crippen LogP contribution in [0.2, 0.25) is 0 Å². The van der Waals surface area contributed by atoms with Crippen molar-refractivity contribution >= 4 is 5.97 Å². The minimum absolute atomic E-state index is 0.0231. The first-order valence-electron chi connectivity index (χ1n) is 6.17. The van der Waals surface area contributed by atoms with Crippen LogP contribution in [0.4, 0.5) is 4.39 Å². The Morgan fingerprint density at radius 2 is 2.05 bits per heavy atom. The van der Waals surface area contributed by atoms with Crippen LogP contribution in [0.3, 0.4) is 0 Å². The molecule has 0 bridgehead atoms. The van der Waals surface area contributed by atoms with Gasteiger partial charge in [0.05, 0.1) is 11.9 Å². The zero-order chi connectivity index (χ0) is 14.7. The molecule has 1 N–H and O–H groups in total. The minimum Gasteiger partial charge on any atom is -0.487 e. The molecule has 0 spiro atoms. The number of carbonyl (C=O) groups is 1. The van der Waals surface area contributed by atoms with E-state index in [4.69, 9.17) is 9.84 Å². The molecule has 0 fully saturated rings. The Morgan fingerprint density at radius 1 is 1.40 bits per heavy atom. The predicted molar refractivity (Wildman–Crippen MR) is 70.3 cm³/mol. The predicted octanol–water partition coefficient (Wildman–Crippen LogP) is 2.88. The summed E-state index contributed by atoms with van der Waals surface area (Å²) in [5.41, 5.74) is 0.595. The van der Waals surface area contributed by atoms with Crippen LogP contribution in [0.15, 0.2) is 30.5 Å². The summed E-state index contributed by atoms with van der Waals surface area (Å²) in [5, 5.41) is 13.2. The van der Waals surface area contributed by atoms with Crippen molar-refractivity contribution < 1.29 is 19.0 Å². The number of ether oxygens (including phenoxy) is 1. The van der Waals surface area contributed by atoms with Crippen molar-refractivity contribution in [3.05, 3.63) is 47.5 Å². The summed E-state index contributed by atoms with van der Waals surface area (Å²) in [7, 11) is 0. The van der Waals surface area contributed by atoms with Crippen molar-refractivity contribution in [3.63, 3.8) is 0 Å². The molecule has 5 nitrogen and oxygen atoms in total. The van der Waals surface area contributed by atoms with Crippen LogP contribution in [-0.2, 0) is 6.61 Å². The minimum atomic E-state index is -1.05. The van der Waals surface area contributed by atoms with Crippen molar-refractivity contribution in [3.8, 4) is 5.75 Å². The lowest BCUT2D eigenvalue weighted by atomic mass is 10.2. The number of nitrogens with zero attached hydrogens (tertiary/aromatic N) is 2. The highest BCUT2D eigenvalue weighted by atomic mass is 19.1. The zero-order valence-corrected chi connectivity index (χ0v) is 11.2. The fourth-order valence-electron chi connectivity index (χ4n) is 1.84. The number of hydrogen-bond donors (Lipinski definition) is 1. The summed E-state index contributed by atoms with van der Waals surface area (Å²) < 4.78 is 19.9. The lowest BCUT2D eigenvalue weighted by Gasteiger charge is -2.12. The topological polar surface area (TPSA) is 64.4 Å². The maximum absolute atomic E-state index is 12.8. The van der Waals surface area contributed by atoms with Crippen LogP contribution in [0.25, 0.3) is 0 Å². The maximum atomic E-state index is 12.8. The first kappa shape index (κ1) is 14.0. The molecule has 2 rings (SSSR count). The summed E-state index contributed by atoms with van der Waals surface area (Å²) in [6.07, 6.45) is 1.31. The highest BCUT2D eigenvalue weighted by Crippen LogP contribution is 2.18. The van der Waals surface area contributed by atoms with Crippen LogP contribution >= 0.6 is 0 Å². The second-order valence-electron chi connectivity index (χ2n) is 4.59. The van der Waals surface area contributed by atoms with Gasteiger partial charge in [0, 0.05) is 6.04 Å². The monoisotopic (exact) mass is 278 g/mol. The number of carboxylic acid groups (broad SMARTS) is 1. The average molecular weight is 278 g/mol. The van der Waals surface area contributed by atoms with E-state index in [0.717, 1.165) is 0 Å². The summed E-state index contributed by atoms with van der Waals surface area (Å²) in [6.45, 7) is 3.87. The summed E-state index contributed by atoms with van der Waals surface area (Å²) in [4.78, 5) is 11.2. The Bertz CT molecular complexity index is 605. The van der Waals surface area contributed by atoms with Crippen LogP contribution < -0.4 is 4.74 Å². The summed E-state index contributed by atoms with van der Waals surface area (Å²) in [6, 6.07) is 5.58. The Hall–Kier alpha value is -2.37. The number of aromatic nitrogens is 2. The van der Waals surface area contributed by atoms with Gasteiger partial charge in [-0.2, -0.15) is 5.10 Å². The van der Waals surface area contributed by atoms with Gasteiger partial charge in [-0.1, -0.05) is 0 Å². The van der Waals surface area contributed by atoms with E-state index in [0.29, 0.717) is 11.4 Å². The maximum Gasteiger partial charge on any atom is 0.339 e. The van der Waals surface area contributed by atoms with Gasteiger partial charge >= 0.3 is 5.97 Å². The second-order valence-corrected chi connectivity index (χ2v) is 4.59. The van der Waals surface area contributed by atoms with E-state index in [1.807, 2.05) is 13.8 Å². The van der Waals surface area contributed by atoms with Gasteiger partial charge in [-0.05, 0) is 38.1 Å². The molecule has 0 aliphatic carbocycles. The largest absolute Gasteiger partial charge is 0.487 e. The number of rotatable bonds is 5. The number of aromatic carboxylic acids is 1. The Kier molecular flexibility index (Phi) is 4.02. The number of hydrogen-bond acceptors (Lipinski definition) is 3. The third-order valence-electron chi connectivity index (χ3n) is 2.81. The smallest absolute Gasteiger partial charge is 0.339 e. The third kappa shape index (κ3) is 2.96. The normalized spacial score (nSPS) is 10.8. The lowest BCUT2D eigenvalue weighted by Crippen LogP contribution is -2.13. The Morgan fingerprint density at radius 3 is 2.60 bits per heavy atom. The van der Waals surface area contributed by atoms with E-state index < -0.39 is 5.97 Å². The molecule has 1 heterocycles. The SMILES string of the molecule is CC(C)n1ncc(C(=O)O)c1COc1ccc(F)cc1. The number of benzene rings is 1. The molecular formula is C14H15FN2O3.